The Kier molecular flexibility index (Phi) is 5.14. The zero-order valence-electron chi connectivity index (χ0n) is 12.9. The summed E-state index contributed by atoms with van der Waals surface area (Å²) in [6.07, 6.45) is 7.99. The van der Waals surface area contributed by atoms with Crippen molar-refractivity contribution in [2.45, 2.75) is 75.6 Å². The molecular formula is C16H29N3O2. The lowest BCUT2D eigenvalue weighted by atomic mass is 9.92. The molecule has 2 heterocycles. The molecule has 3 N–H and O–H groups in total. The molecule has 0 bridgehead atoms. The van der Waals surface area contributed by atoms with Gasteiger partial charge in [0.25, 0.3) is 0 Å². The zero-order valence-corrected chi connectivity index (χ0v) is 12.9. The van der Waals surface area contributed by atoms with Gasteiger partial charge < -0.3 is 15.7 Å². The summed E-state index contributed by atoms with van der Waals surface area (Å²) in [4.78, 5) is 15.1. The molecule has 0 aromatic rings. The quantitative estimate of drug-likeness (QED) is 0.714. The summed E-state index contributed by atoms with van der Waals surface area (Å²) in [5.74, 6) is 0.150. The van der Waals surface area contributed by atoms with Crippen LogP contribution in [0.4, 0.5) is 0 Å². The van der Waals surface area contributed by atoms with Crippen molar-refractivity contribution in [1.29, 1.82) is 0 Å². The first-order valence-electron chi connectivity index (χ1n) is 8.70. The summed E-state index contributed by atoms with van der Waals surface area (Å²) < 4.78 is 0. The number of nitrogens with zero attached hydrogens (tertiary/aromatic N) is 1. The van der Waals surface area contributed by atoms with Crippen molar-refractivity contribution in [3.63, 3.8) is 0 Å². The summed E-state index contributed by atoms with van der Waals surface area (Å²) in [6.45, 7) is 3.18. The van der Waals surface area contributed by atoms with Gasteiger partial charge in [-0.2, -0.15) is 0 Å². The highest BCUT2D eigenvalue weighted by Gasteiger charge is 2.37. The molecule has 3 aliphatic rings. The molecule has 120 valence electrons. The third-order valence-electron chi connectivity index (χ3n) is 5.43. The van der Waals surface area contributed by atoms with Gasteiger partial charge in [0.1, 0.15) is 0 Å². The molecule has 3 rings (SSSR count). The van der Waals surface area contributed by atoms with Crippen LogP contribution in [0.2, 0.25) is 0 Å². The van der Waals surface area contributed by atoms with Gasteiger partial charge in [0.2, 0.25) is 5.91 Å². The number of carbonyl (C=O) groups excluding carboxylic acids is 1. The van der Waals surface area contributed by atoms with Gasteiger partial charge in [0.15, 0.2) is 0 Å². The monoisotopic (exact) mass is 295 g/mol. The normalized spacial score (nSPS) is 35.8. The van der Waals surface area contributed by atoms with E-state index >= 15 is 0 Å². The Hall–Kier alpha value is -0.650. The molecule has 1 unspecified atom stereocenters. The number of piperidine rings is 1. The van der Waals surface area contributed by atoms with Crippen molar-refractivity contribution in [2.75, 3.05) is 19.6 Å². The number of rotatable bonds is 3. The van der Waals surface area contributed by atoms with Crippen molar-refractivity contribution in [1.82, 2.24) is 15.5 Å². The first-order chi connectivity index (χ1) is 10.3. The van der Waals surface area contributed by atoms with Crippen LogP contribution < -0.4 is 10.6 Å². The summed E-state index contributed by atoms with van der Waals surface area (Å²) in [6, 6.07) is 0.560. The fourth-order valence-corrected chi connectivity index (χ4v) is 4.20. The number of likely N-dealkylation sites (tertiary alicyclic amines) is 1. The number of amides is 1. The number of hydrogen-bond acceptors (Lipinski definition) is 4. The van der Waals surface area contributed by atoms with E-state index in [0.717, 1.165) is 71.0 Å². The van der Waals surface area contributed by atoms with Gasteiger partial charge in [-0.15, -0.1) is 0 Å². The van der Waals surface area contributed by atoms with Gasteiger partial charge in [0.05, 0.1) is 18.2 Å². The van der Waals surface area contributed by atoms with E-state index in [4.69, 9.17) is 0 Å². The standard InChI is InChI=1S/C16H29N3O2/c20-15-6-2-1-4-13(15)18-16(21)14-5-3-11-19(14)12-7-9-17-10-8-12/h12-15,17,20H,1-11H2,(H,18,21)/t13-,14?,15-/m1/s1. The SMILES string of the molecule is O=C(N[C@@H]1CCCC[C@H]1O)C1CCCN1C1CCNCC1. The predicted molar refractivity (Wildman–Crippen MR) is 82.0 cm³/mol. The van der Waals surface area contributed by atoms with Crippen molar-refractivity contribution in [3.8, 4) is 0 Å². The average Bonchev–Trinajstić information content (AvgIpc) is 3.00. The van der Waals surface area contributed by atoms with Gasteiger partial charge in [-0.1, -0.05) is 12.8 Å². The molecule has 5 heteroatoms. The Labute approximate surface area is 127 Å². The fraction of sp³-hybridized carbons (Fsp3) is 0.938. The summed E-state index contributed by atoms with van der Waals surface area (Å²) in [5, 5.41) is 16.6. The van der Waals surface area contributed by atoms with Crippen molar-refractivity contribution < 1.29 is 9.90 Å². The Morgan fingerprint density at radius 3 is 2.57 bits per heavy atom. The van der Waals surface area contributed by atoms with Crippen molar-refractivity contribution in [2.24, 2.45) is 0 Å². The van der Waals surface area contributed by atoms with E-state index in [1.165, 1.54) is 0 Å². The molecule has 3 atom stereocenters. The Morgan fingerprint density at radius 2 is 1.81 bits per heavy atom. The van der Waals surface area contributed by atoms with Crippen LogP contribution in [-0.2, 0) is 4.79 Å². The molecule has 0 radical (unpaired) electrons. The number of nitrogens with one attached hydrogen (secondary N) is 2. The largest absolute Gasteiger partial charge is 0.391 e. The van der Waals surface area contributed by atoms with Crippen LogP contribution in [0.1, 0.15) is 51.4 Å². The maximum absolute atomic E-state index is 12.6. The first-order valence-corrected chi connectivity index (χ1v) is 8.70. The van der Waals surface area contributed by atoms with Gasteiger partial charge >= 0.3 is 0 Å². The van der Waals surface area contributed by atoms with E-state index in [1.807, 2.05) is 0 Å². The first kappa shape index (κ1) is 15.3. The predicted octanol–water partition coefficient (Wildman–Crippen LogP) is 0.622. The van der Waals surface area contributed by atoms with Crippen LogP contribution in [0.25, 0.3) is 0 Å². The third-order valence-corrected chi connectivity index (χ3v) is 5.43. The Balaban J connectivity index is 1.57. The van der Waals surface area contributed by atoms with Gasteiger partial charge in [-0.25, -0.2) is 0 Å². The van der Waals surface area contributed by atoms with E-state index < -0.39 is 0 Å². The molecule has 0 spiro atoms. The van der Waals surface area contributed by atoms with Gasteiger partial charge in [0, 0.05) is 6.04 Å². The van der Waals surface area contributed by atoms with E-state index in [9.17, 15) is 9.90 Å². The molecule has 3 fully saturated rings. The number of hydrogen-bond donors (Lipinski definition) is 3. The van der Waals surface area contributed by atoms with E-state index in [1.54, 1.807) is 0 Å². The second kappa shape index (κ2) is 7.07. The van der Waals surface area contributed by atoms with Crippen molar-refractivity contribution >= 4 is 5.91 Å². The van der Waals surface area contributed by atoms with Crippen LogP contribution in [-0.4, -0.2) is 59.8 Å². The molecule has 2 aliphatic heterocycles. The van der Waals surface area contributed by atoms with Crippen LogP contribution in [0.5, 0.6) is 0 Å². The minimum Gasteiger partial charge on any atom is -0.391 e. The lowest BCUT2D eigenvalue weighted by Crippen LogP contribution is -2.54. The molecule has 1 aliphatic carbocycles. The summed E-state index contributed by atoms with van der Waals surface area (Å²) in [5.41, 5.74) is 0. The number of aliphatic hydroxyl groups excluding tert-OH is 1. The molecule has 0 aromatic carbocycles. The molecule has 1 amide bonds. The van der Waals surface area contributed by atoms with Crippen LogP contribution in [0, 0.1) is 0 Å². The molecule has 1 saturated carbocycles. The highest BCUT2D eigenvalue weighted by atomic mass is 16.3. The average molecular weight is 295 g/mol. The van der Waals surface area contributed by atoms with Gasteiger partial charge in [-0.3, -0.25) is 9.69 Å². The van der Waals surface area contributed by atoms with E-state index in [2.05, 4.69) is 15.5 Å². The maximum Gasteiger partial charge on any atom is 0.237 e. The van der Waals surface area contributed by atoms with E-state index in [-0.39, 0.29) is 24.1 Å². The second-order valence-corrected chi connectivity index (χ2v) is 6.84. The molecule has 2 saturated heterocycles. The highest BCUT2D eigenvalue weighted by Crippen LogP contribution is 2.25. The fourth-order valence-electron chi connectivity index (χ4n) is 4.20. The lowest BCUT2D eigenvalue weighted by Gasteiger charge is -2.36. The minimum absolute atomic E-state index is 0.0262. The number of carbonyl (C=O) groups is 1. The van der Waals surface area contributed by atoms with Crippen LogP contribution >= 0.6 is 0 Å². The minimum atomic E-state index is -0.351. The smallest absolute Gasteiger partial charge is 0.237 e. The molecule has 21 heavy (non-hydrogen) atoms. The van der Waals surface area contributed by atoms with Gasteiger partial charge in [-0.05, 0) is 58.2 Å². The molecule has 5 nitrogen and oxygen atoms in total. The summed E-state index contributed by atoms with van der Waals surface area (Å²) >= 11 is 0. The van der Waals surface area contributed by atoms with Crippen LogP contribution in [0.15, 0.2) is 0 Å². The highest BCUT2D eigenvalue weighted by molar-refractivity contribution is 5.82. The Morgan fingerprint density at radius 1 is 1.05 bits per heavy atom. The molecule has 0 aromatic heterocycles. The summed E-state index contributed by atoms with van der Waals surface area (Å²) in [7, 11) is 0. The molecular weight excluding hydrogens is 266 g/mol. The third kappa shape index (κ3) is 3.58. The Bertz CT molecular complexity index is 357. The topological polar surface area (TPSA) is 64.6 Å². The van der Waals surface area contributed by atoms with Crippen LogP contribution in [0.3, 0.4) is 0 Å². The maximum atomic E-state index is 12.6. The van der Waals surface area contributed by atoms with E-state index in [0.29, 0.717) is 6.04 Å². The van der Waals surface area contributed by atoms with Crippen molar-refractivity contribution in [3.05, 3.63) is 0 Å². The second-order valence-electron chi connectivity index (χ2n) is 6.84. The number of aliphatic hydroxyl groups is 1. The lowest BCUT2D eigenvalue weighted by molar-refractivity contribution is -0.128. The zero-order chi connectivity index (χ0) is 14.7.